The number of rotatable bonds is 5. The van der Waals surface area contributed by atoms with Crippen LogP contribution in [0.2, 0.25) is 0 Å². The lowest BCUT2D eigenvalue weighted by Crippen LogP contribution is -2.08. The van der Waals surface area contributed by atoms with E-state index in [-0.39, 0.29) is 11.4 Å². The largest absolute Gasteiger partial charge is 0.495 e. The van der Waals surface area contributed by atoms with E-state index in [0.717, 1.165) is 11.1 Å². The zero-order valence-corrected chi connectivity index (χ0v) is 13.4. The molecule has 0 unspecified atom stereocenters. The summed E-state index contributed by atoms with van der Waals surface area (Å²) < 4.78 is 10.2. The number of carbonyl (C=O) groups excluding carboxylic acids is 2. The summed E-state index contributed by atoms with van der Waals surface area (Å²) >= 11 is 0. The van der Waals surface area contributed by atoms with Crippen molar-refractivity contribution < 1.29 is 19.1 Å². The first-order valence-corrected chi connectivity index (χ1v) is 7.06. The summed E-state index contributed by atoms with van der Waals surface area (Å²) in [6.07, 6.45) is 0. The normalized spacial score (nSPS) is 10.0. The minimum Gasteiger partial charge on any atom is -0.495 e. The number of Topliss-reactive ketones (excluding diaryl/α,β-unsaturated/α-hetero) is 1. The van der Waals surface area contributed by atoms with Gasteiger partial charge in [-0.25, -0.2) is 4.79 Å². The average molecular weight is 310 g/mol. The highest BCUT2D eigenvalue weighted by atomic mass is 16.5. The molecule has 0 fully saturated rings. The van der Waals surface area contributed by atoms with E-state index in [4.69, 9.17) is 9.47 Å². The molecule has 2 aromatic carbocycles. The van der Waals surface area contributed by atoms with Crippen molar-refractivity contribution in [2.24, 2.45) is 0 Å². The van der Waals surface area contributed by atoms with E-state index in [9.17, 15) is 9.59 Å². The van der Waals surface area contributed by atoms with Gasteiger partial charge in [-0.15, -0.1) is 0 Å². The second kappa shape index (κ2) is 6.92. The van der Waals surface area contributed by atoms with Crippen LogP contribution >= 0.6 is 0 Å². The Morgan fingerprint density at radius 2 is 1.65 bits per heavy atom. The first kappa shape index (κ1) is 16.5. The molecule has 0 aromatic heterocycles. The van der Waals surface area contributed by atoms with Crippen molar-refractivity contribution in [2.75, 3.05) is 14.2 Å². The monoisotopic (exact) mass is 310 g/mol. The van der Waals surface area contributed by atoms with Gasteiger partial charge in [0, 0.05) is 5.56 Å². The third kappa shape index (κ3) is 3.16. The molecule has 0 aliphatic rings. The van der Waals surface area contributed by atoms with E-state index in [2.05, 4.69) is 6.58 Å². The summed E-state index contributed by atoms with van der Waals surface area (Å²) in [6, 6.07) is 13.0. The maximum Gasteiger partial charge on any atom is 0.338 e. The quantitative estimate of drug-likeness (QED) is 0.479. The van der Waals surface area contributed by atoms with Crippen LogP contribution in [-0.4, -0.2) is 26.0 Å². The molecular weight excluding hydrogens is 292 g/mol. The van der Waals surface area contributed by atoms with Crippen LogP contribution < -0.4 is 4.74 Å². The number of hydrogen-bond acceptors (Lipinski definition) is 4. The SMILES string of the molecule is C=C(C(=O)OC)c1c(-c2ccccc2)ccc(C(C)=O)c1OC. The van der Waals surface area contributed by atoms with E-state index >= 15 is 0 Å². The van der Waals surface area contributed by atoms with Crippen molar-refractivity contribution in [1.82, 2.24) is 0 Å². The first-order valence-electron chi connectivity index (χ1n) is 7.06. The predicted molar refractivity (Wildman–Crippen MR) is 89.5 cm³/mol. The second-order valence-corrected chi connectivity index (χ2v) is 4.96. The Balaban J connectivity index is 2.80. The highest BCUT2D eigenvalue weighted by Gasteiger charge is 2.23. The molecule has 0 spiro atoms. The van der Waals surface area contributed by atoms with Crippen molar-refractivity contribution in [1.29, 1.82) is 0 Å². The van der Waals surface area contributed by atoms with Crippen LogP contribution in [0, 0.1) is 0 Å². The zero-order chi connectivity index (χ0) is 17.0. The lowest BCUT2D eigenvalue weighted by atomic mass is 9.91. The van der Waals surface area contributed by atoms with Crippen LogP contribution in [0.25, 0.3) is 16.7 Å². The predicted octanol–water partition coefficient (Wildman–Crippen LogP) is 3.75. The fraction of sp³-hybridized carbons (Fsp3) is 0.158. The van der Waals surface area contributed by atoms with Crippen molar-refractivity contribution in [3.05, 3.63) is 60.2 Å². The fourth-order valence-electron chi connectivity index (χ4n) is 2.46. The molecule has 2 aromatic rings. The minimum atomic E-state index is -0.568. The summed E-state index contributed by atoms with van der Waals surface area (Å²) in [5.41, 5.74) is 2.65. The molecule has 0 atom stereocenters. The number of ketones is 1. The van der Waals surface area contributed by atoms with Gasteiger partial charge in [0.2, 0.25) is 0 Å². The van der Waals surface area contributed by atoms with E-state index in [1.807, 2.05) is 30.3 Å². The van der Waals surface area contributed by atoms with Gasteiger partial charge in [-0.3, -0.25) is 4.79 Å². The number of carbonyl (C=O) groups is 2. The van der Waals surface area contributed by atoms with Crippen LogP contribution in [0.5, 0.6) is 5.75 Å². The van der Waals surface area contributed by atoms with E-state index < -0.39 is 5.97 Å². The van der Waals surface area contributed by atoms with Gasteiger partial charge in [0.1, 0.15) is 5.75 Å². The van der Waals surface area contributed by atoms with Gasteiger partial charge in [-0.2, -0.15) is 0 Å². The third-order valence-corrected chi connectivity index (χ3v) is 3.56. The lowest BCUT2D eigenvalue weighted by molar-refractivity contribution is -0.133. The van der Waals surface area contributed by atoms with Gasteiger partial charge in [-0.1, -0.05) is 43.0 Å². The molecular formula is C19H18O4. The third-order valence-electron chi connectivity index (χ3n) is 3.56. The topological polar surface area (TPSA) is 52.6 Å². The highest BCUT2D eigenvalue weighted by molar-refractivity contribution is 6.19. The summed E-state index contributed by atoms with van der Waals surface area (Å²) in [7, 11) is 2.75. The van der Waals surface area contributed by atoms with Crippen LogP contribution in [0.3, 0.4) is 0 Å². The summed E-state index contributed by atoms with van der Waals surface area (Å²) in [5.74, 6) is -0.393. The Labute approximate surface area is 135 Å². The number of hydrogen-bond donors (Lipinski definition) is 0. The fourth-order valence-corrected chi connectivity index (χ4v) is 2.46. The summed E-state index contributed by atoms with van der Waals surface area (Å²) in [5, 5.41) is 0. The van der Waals surface area contributed by atoms with Crippen molar-refractivity contribution in [3.8, 4) is 16.9 Å². The number of ether oxygens (including phenoxy) is 2. The van der Waals surface area contributed by atoms with Gasteiger partial charge >= 0.3 is 5.97 Å². The number of benzene rings is 2. The van der Waals surface area contributed by atoms with E-state index in [1.54, 1.807) is 12.1 Å². The molecule has 0 N–H and O–H groups in total. The van der Waals surface area contributed by atoms with Crippen molar-refractivity contribution in [2.45, 2.75) is 6.92 Å². The smallest absolute Gasteiger partial charge is 0.338 e. The van der Waals surface area contributed by atoms with Gasteiger partial charge in [0.15, 0.2) is 5.78 Å². The van der Waals surface area contributed by atoms with Gasteiger partial charge in [0.25, 0.3) is 0 Å². The molecule has 2 rings (SSSR count). The van der Waals surface area contributed by atoms with E-state index in [1.165, 1.54) is 21.1 Å². The maximum atomic E-state index is 12.0. The van der Waals surface area contributed by atoms with Gasteiger partial charge in [-0.05, 0) is 24.1 Å². The molecule has 0 amide bonds. The molecule has 23 heavy (non-hydrogen) atoms. The van der Waals surface area contributed by atoms with Crippen LogP contribution in [-0.2, 0) is 9.53 Å². The molecule has 0 aliphatic heterocycles. The van der Waals surface area contributed by atoms with Crippen LogP contribution in [0.4, 0.5) is 0 Å². The lowest BCUT2D eigenvalue weighted by Gasteiger charge is -2.17. The Hall–Kier alpha value is -2.88. The second-order valence-electron chi connectivity index (χ2n) is 4.96. The van der Waals surface area contributed by atoms with Crippen LogP contribution in [0.1, 0.15) is 22.8 Å². The van der Waals surface area contributed by atoms with Crippen molar-refractivity contribution in [3.63, 3.8) is 0 Å². The minimum absolute atomic E-state index is 0.145. The Bertz CT molecular complexity index is 760. The van der Waals surface area contributed by atoms with Gasteiger partial charge < -0.3 is 9.47 Å². The highest BCUT2D eigenvalue weighted by Crippen LogP contribution is 2.38. The molecule has 0 radical (unpaired) electrons. The Morgan fingerprint density at radius 3 is 2.17 bits per heavy atom. The molecule has 0 aliphatic carbocycles. The maximum absolute atomic E-state index is 12.0. The number of esters is 1. The summed E-state index contributed by atoms with van der Waals surface area (Å²) in [4.78, 5) is 23.8. The average Bonchev–Trinajstić information content (AvgIpc) is 2.59. The Kier molecular flexibility index (Phi) is 4.96. The standard InChI is InChI=1S/C19H18O4/c1-12(19(21)23-4)17-16(14-8-6-5-7-9-14)11-10-15(13(2)20)18(17)22-3/h5-11H,1H2,2-4H3. The molecule has 0 bridgehead atoms. The molecule has 4 heteroatoms. The first-order chi connectivity index (χ1) is 11.0. The molecule has 0 saturated carbocycles. The molecule has 0 saturated heterocycles. The van der Waals surface area contributed by atoms with Crippen LogP contribution in [0.15, 0.2) is 49.0 Å². The van der Waals surface area contributed by atoms with Gasteiger partial charge in [0.05, 0.1) is 25.4 Å². The zero-order valence-electron chi connectivity index (χ0n) is 13.4. The van der Waals surface area contributed by atoms with Crippen molar-refractivity contribution >= 4 is 17.3 Å². The van der Waals surface area contributed by atoms with E-state index in [0.29, 0.717) is 16.9 Å². The summed E-state index contributed by atoms with van der Waals surface area (Å²) in [6.45, 7) is 5.27. The molecule has 4 nitrogen and oxygen atoms in total. The molecule has 118 valence electrons. The number of methoxy groups -OCH3 is 2. The Morgan fingerprint density at radius 1 is 1.00 bits per heavy atom. The molecule has 0 heterocycles.